The van der Waals surface area contributed by atoms with Gasteiger partial charge < -0.3 is 9.47 Å². The van der Waals surface area contributed by atoms with Gasteiger partial charge in [-0.25, -0.2) is 4.79 Å². The second kappa shape index (κ2) is 5.68. The Morgan fingerprint density at radius 2 is 2.24 bits per heavy atom. The molecule has 0 aromatic heterocycles. The zero-order valence-corrected chi connectivity index (χ0v) is 9.96. The Morgan fingerprint density at radius 3 is 2.82 bits per heavy atom. The van der Waals surface area contributed by atoms with Gasteiger partial charge in [0, 0.05) is 12.3 Å². The first-order valence-electron chi connectivity index (χ1n) is 5.83. The normalized spacial score (nSPS) is 19.0. The van der Waals surface area contributed by atoms with Gasteiger partial charge in [-0.15, -0.1) is 0 Å². The highest BCUT2D eigenvalue weighted by molar-refractivity contribution is 5.87. The van der Waals surface area contributed by atoms with Crippen molar-refractivity contribution >= 4 is 11.8 Å². The van der Waals surface area contributed by atoms with Crippen LogP contribution in [0.1, 0.15) is 12.8 Å². The maximum atomic E-state index is 11.7. The number of nitrogens with zero attached hydrogens (tertiary/aromatic N) is 1. The van der Waals surface area contributed by atoms with Crippen molar-refractivity contribution in [3.05, 3.63) is 30.3 Å². The van der Waals surface area contributed by atoms with Gasteiger partial charge in [-0.3, -0.25) is 4.90 Å². The molecule has 1 fully saturated rings. The molecule has 2 rings (SSSR count). The predicted molar refractivity (Wildman–Crippen MR) is 65.2 cm³/mol. The van der Waals surface area contributed by atoms with Crippen molar-refractivity contribution in [3.63, 3.8) is 0 Å². The Kier molecular flexibility index (Phi) is 3.98. The molecule has 4 nitrogen and oxygen atoms in total. The fourth-order valence-corrected chi connectivity index (χ4v) is 2.00. The van der Waals surface area contributed by atoms with Gasteiger partial charge in [-0.2, -0.15) is 0 Å². The average molecular weight is 235 g/mol. The van der Waals surface area contributed by atoms with E-state index in [1.165, 1.54) is 7.11 Å². The number of carbonyl (C=O) groups is 1. The standard InChI is InChI=1S/C13H17NO3/c1-16-13(15)14(10-12-8-5-9-17-12)11-6-3-2-4-7-11/h2-4,6-7,12H,5,8-10H2,1H3. The Morgan fingerprint density at radius 1 is 1.47 bits per heavy atom. The van der Waals surface area contributed by atoms with Crippen molar-refractivity contribution < 1.29 is 14.3 Å². The lowest BCUT2D eigenvalue weighted by atomic mass is 10.2. The summed E-state index contributed by atoms with van der Waals surface area (Å²) in [5.41, 5.74) is 0.842. The van der Waals surface area contributed by atoms with E-state index in [2.05, 4.69) is 0 Å². The topological polar surface area (TPSA) is 38.8 Å². The maximum Gasteiger partial charge on any atom is 0.414 e. The summed E-state index contributed by atoms with van der Waals surface area (Å²) in [5.74, 6) is 0. The first kappa shape index (κ1) is 11.9. The Hall–Kier alpha value is -1.55. The highest BCUT2D eigenvalue weighted by Gasteiger charge is 2.23. The number of hydrogen-bond donors (Lipinski definition) is 0. The van der Waals surface area contributed by atoms with Crippen LogP contribution in [-0.2, 0) is 9.47 Å². The minimum absolute atomic E-state index is 0.120. The maximum absolute atomic E-state index is 11.7. The van der Waals surface area contributed by atoms with E-state index >= 15 is 0 Å². The third-order valence-electron chi connectivity index (χ3n) is 2.87. The lowest BCUT2D eigenvalue weighted by Gasteiger charge is -2.24. The van der Waals surface area contributed by atoms with Crippen LogP contribution in [0.3, 0.4) is 0 Å². The van der Waals surface area contributed by atoms with Crippen LogP contribution in [0.4, 0.5) is 10.5 Å². The largest absolute Gasteiger partial charge is 0.452 e. The molecule has 17 heavy (non-hydrogen) atoms. The van der Waals surface area contributed by atoms with E-state index in [0.29, 0.717) is 6.54 Å². The van der Waals surface area contributed by atoms with Gasteiger partial charge in [0.15, 0.2) is 0 Å². The van der Waals surface area contributed by atoms with Gasteiger partial charge in [0.05, 0.1) is 19.8 Å². The second-order valence-corrected chi connectivity index (χ2v) is 4.05. The fourth-order valence-electron chi connectivity index (χ4n) is 2.00. The summed E-state index contributed by atoms with van der Waals surface area (Å²) >= 11 is 0. The van der Waals surface area contributed by atoms with Gasteiger partial charge in [-0.05, 0) is 25.0 Å². The van der Waals surface area contributed by atoms with Crippen LogP contribution < -0.4 is 4.90 Å². The van der Waals surface area contributed by atoms with Crippen LogP contribution in [0.5, 0.6) is 0 Å². The molecule has 1 aromatic carbocycles. The van der Waals surface area contributed by atoms with Gasteiger partial charge in [0.1, 0.15) is 0 Å². The molecule has 92 valence electrons. The van der Waals surface area contributed by atoms with Crippen LogP contribution in [0.15, 0.2) is 30.3 Å². The lowest BCUT2D eigenvalue weighted by molar-refractivity contribution is 0.112. The molecule has 0 N–H and O–H groups in total. The van der Waals surface area contributed by atoms with Crippen LogP contribution in [-0.4, -0.2) is 32.5 Å². The smallest absolute Gasteiger partial charge is 0.414 e. The first-order chi connectivity index (χ1) is 8.31. The molecule has 1 amide bonds. The minimum Gasteiger partial charge on any atom is -0.452 e. The molecule has 4 heteroatoms. The molecule has 1 saturated heterocycles. The highest BCUT2D eigenvalue weighted by Crippen LogP contribution is 2.19. The van der Waals surface area contributed by atoms with Gasteiger partial charge >= 0.3 is 6.09 Å². The van der Waals surface area contributed by atoms with Crippen LogP contribution in [0, 0.1) is 0 Å². The summed E-state index contributed by atoms with van der Waals surface area (Å²) in [6.45, 7) is 1.34. The van der Waals surface area contributed by atoms with E-state index in [0.717, 1.165) is 25.1 Å². The number of ether oxygens (including phenoxy) is 2. The summed E-state index contributed by atoms with van der Waals surface area (Å²) in [4.78, 5) is 13.4. The molecule has 1 heterocycles. The number of anilines is 1. The predicted octanol–water partition coefficient (Wildman–Crippen LogP) is 2.44. The summed E-state index contributed by atoms with van der Waals surface area (Å²) in [6, 6.07) is 9.52. The molecule has 1 unspecified atom stereocenters. The van der Waals surface area contributed by atoms with Gasteiger partial charge in [-0.1, -0.05) is 18.2 Å². The summed E-state index contributed by atoms with van der Waals surface area (Å²) in [6.07, 6.45) is 1.84. The molecule has 0 spiro atoms. The quantitative estimate of drug-likeness (QED) is 0.807. The Balaban J connectivity index is 2.10. The van der Waals surface area contributed by atoms with E-state index in [-0.39, 0.29) is 12.2 Å². The van der Waals surface area contributed by atoms with Crippen molar-refractivity contribution in [2.75, 3.05) is 25.2 Å². The summed E-state index contributed by atoms with van der Waals surface area (Å²) < 4.78 is 10.4. The highest BCUT2D eigenvalue weighted by atomic mass is 16.5. The molecule has 0 bridgehead atoms. The van der Waals surface area contributed by atoms with Crippen molar-refractivity contribution in [3.8, 4) is 0 Å². The number of methoxy groups -OCH3 is 1. The summed E-state index contributed by atoms with van der Waals surface area (Å²) in [7, 11) is 1.40. The monoisotopic (exact) mass is 235 g/mol. The minimum atomic E-state index is -0.341. The molecular weight excluding hydrogens is 218 g/mol. The zero-order chi connectivity index (χ0) is 12.1. The molecule has 1 atom stereocenters. The van der Waals surface area contributed by atoms with Crippen molar-refractivity contribution in [2.45, 2.75) is 18.9 Å². The number of amides is 1. The molecule has 0 aliphatic carbocycles. The van der Waals surface area contributed by atoms with E-state index in [1.807, 2.05) is 30.3 Å². The van der Waals surface area contributed by atoms with Crippen LogP contribution >= 0.6 is 0 Å². The Labute approximate surface area is 101 Å². The first-order valence-corrected chi connectivity index (χ1v) is 5.83. The molecule has 1 aliphatic rings. The van der Waals surface area contributed by atoms with Crippen molar-refractivity contribution in [2.24, 2.45) is 0 Å². The molecule has 0 radical (unpaired) electrons. The van der Waals surface area contributed by atoms with E-state index in [1.54, 1.807) is 4.90 Å². The lowest BCUT2D eigenvalue weighted by Crippen LogP contribution is -2.37. The molecule has 1 aliphatic heterocycles. The fraction of sp³-hybridized carbons (Fsp3) is 0.462. The van der Waals surface area contributed by atoms with E-state index < -0.39 is 0 Å². The zero-order valence-electron chi connectivity index (χ0n) is 9.96. The number of hydrogen-bond acceptors (Lipinski definition) is 3. The number of rotatable bonds is 3. The Bertz CT molecular complexity index is 360. The van der Waals surface area contributed by atoms with Crippen molar-refractivity contribution in [1.29, 1.82) is 0 Å². The molecular formula is C13H17NO3. The van der Waals surface area contributed by atoms with Crippen LogP contribution in [0.2, 0.25) is 0 Å². The molecule has 0 saturated carbocycles. The van der Waals surface area contributed by atoms with Gasteiger partial charge in [0.2, 0.25) is 0 Å². The van der Waals surface area contributed by atoms with Crippen LogP contribution in [0.25, 0.3) is 0 Å². The molecule has 1 aromatic rings. The number of benzene rings is 1. The SMILES string of the molecule is COC(=O)N(CC1CCCO1)c1ccccc1. The second-order valence-electron chi connectivity index (χ2n) is 4.05. The van der Waals surface area contributed by atoms with E-state index in [9.17, 15) is 4.79 Å². The van der Waals surface area contributed by atoms with E-state index in [4.69, 9.17) is 9.47 Å². The number of carbonyl (C=O) groups excluding carboxylic acids is 1. The third kappa shape index (κ3) is 2.97. The third-order valence-corrected chi connectivity index (χ3v) is 2.87. The summed E-state index contributed by atoms with van der Waals surface area (Å²) in [5, 5.41) is 0. The average Bonchev–Trinajstić information content (AvgIpc) is 2.89. The number of para-hydroxylation sites is 1. The van der Waals surface area contributed by atoms with Crippen molar-refractivity contribution in [1.82, 2.24) is 0 Å². The van der Waals surface area contributed by atoms with Gasteiger partial charge in [0.25, 0.3) is 0 Å².